The van der Waals surface area contributed by atoms with Crippen molar-refractivity contribution in [3.8, 4) is 11.5 Å². The lowest BCUT2D eigenvalue weighted by Crippen LogP contribution is -2.30. The summed E-state index contributed by atoms with van der Waals surface area (Å²) in [6, 6.07) is 7.24. The van der Waals surface area contributed by atoms with Crippen molar-refractivity contribution in [2.24, 2.45) is 0 Å². The van der Waals surface area contributed by atoms with E-state index >= 15 is 0 Å². The Morgan fingerprint density at radius 3 is 2.48 bits per heavy atom. The molecule has 2 rings (SSSR count). The van der Waals surface area contributed by atoms with Gasteiger partial charge in [0.15, 0.2) is 22.7 Å². The van der Waals surface area contributed by atoms with Gasteiger partial charge in [0.1, 0.15) is 0 Å². The molecule has 0 saturated heterocycles. The summed E-state index contributed by atoms with van der Waals surface area (Å²) in [5, 5.41) is 5.33. The minimum absolute atomic E-state index is 0.0427. The third kappa shape index (κ3) is 4.45. The summed E-state index contributed by atoms with van der Waals surface area (Å²) in [6.45, 7) is 7.95. The number of nitrogens with one attached hydrogen (secondary N) is 1. The lowest BCUT2D eigenvalue weighted by molar-refractivity contribution is -0.122. The molecule has 1 heterocycles. The molecule has 0 spiro atoms. The normalized spacial score (nSPS) is 12.6. The van der Waals surface area contributed by atoms with Gasteiger partial charge in [0.05, 0.1) is 12.8 Å². The Balaban J connectivity index is 2.01. The predicted octanol–water partition coefficient (Wildman–Crippen LogP) is 3.86. The van der Waals surface area contributed by atoms with Crippen molar-refractivity contribution in [3.05, 3.63) is 35.3 Å². The summed E-state index contributed by atoms with van der Waals surface area (Å²) in [4.78, 5) is 16.7. The number of aromatic nitrogens is 1. The zero-order chi connectivity index (χ0) is 17.0. The number of carbonyl (C=O) groups excluding carboxylic acids is 1. The van der Waals surface area contributed by atoms with Crippen LogP contribution in [0.2, 0.25) is 0 Å². The molecule has 1 amide bonds. The summed E-state index contributed by atoms with van der Waals surface area (Å²) in [7, 11) is 1.57. The van der Waals surface area contributed by atoms with Crippen molar-refractivity contribution < 1.29 is 14.3 Å². The summed E-state index contributed by atoms with van der Waals surface area (Å²) in [5.41, 5.74) is 0.912. The van der Waals surface area contributed by atoms with Gasteiger partial charge >= 0.3 is 0 Å². The van der Waals surface area contributed by atoms with Crippen LogP contribution < -0.4 is 14.8 Å². The van der Waals surface area contributed by atoms with E-state index in [9.17, 15) is 4.79 Å². The predicted molar refractivity (Wildman–Crippen MR) is 92.5 cm³/mol. The number of benzene rings is 1. The van der Waals surface area contributed by atoms with Crippen LogP contribution in [0.5, 0.6) is 11.5 Å². The highest BCUT2D eigenvalue weighted by Crippen LogP contribution is 2.28. The van der Waals surface area contributed by atoms with Crippen LogP contribution in [0.4, 0.5) is 5.13 Å². The van der Waals surface area contributed by atoms with E-state index in [0.717, 1.165) is 5.69 Å². The molecular formula is C17H22N2O3S. The van der Waals surface area contributed by atoms with Gasteiger partial charge in [-0.1, -0.05) is 32.9 Å². The topological polar surface area (TPSA) is 60.5 Å². The Labute approximate surface area is 140 Å². The molecule has 0 aliphatic rings. The van der Waals surface area contributed by atoms with Gasteiger partial charge in [0.2, 0.25) is 0 Å². The average Bonchev–Trinajstić information content (AvgIpc) is 2.96. The molecule has 5 nitrogen and oxygen atoms in total. The zero-order valence-corrected chi connectivity index (χ0v) is 14.9. The highest BCUT2D eigenvalue weighted by molar-refractivity contribution is 7.13. The number of hydrogen-bond acceptors (Lipinski definition) is 5. The number of methoxy groups -OCH3 is 1. The van der Waals surface area contributed by atoms with Gasteiger partial charge in [0.25, 0.3) is 5.91 Å². The number of rotatable bonds is 5. The number of ether oxygens (including phenoxy) is 2. The van der Waals surface area contributed by atoms with E-state index in [1.807, 2.05) is 17.5 Å². The number of para-hydroxylation sites is 2. The molecule has 1 N–H and O–H groups in total. The van der Waals surface area contributed by atoms with Crippen LogP contribution in [0.1, 0.15) is 33.4 Å². The lowest BCUT2D eigenvalue weighted by atomic mass is 9.93. The average molecular weight is 334 g/mol. The van der Waals surface area contributed by atoms with E-state index in [1.54, 1.807) is 26.2 Å². The monoisotopic (exact) mass is 334 g/mol. The van der Waals surface area contributed by atoms with Gasteiger partial charge < -0.3 is 9.47 Å². The Morgan fingerprint density at radius 1 is 1.26 bits per heavy atom. The van der Waals surface area contributed by atoms with Crippen molar-refractivity contribution in [2.75, 3.05) is 12.4 Å². The fourth-order valence-corrected chi connectivity index (χ4v) is 2.78. The number of nitrogens with zero attached hydrogens (tertiary/aromatic N) is 1. The van der Waals surface area contributed by atoms with E-state index in [4.69, 9.17) is 9.47 Å². The Bertz CT molecular complexity index is 676. The molecular weight excluding hydrogens is 312 g/mol. The molecule has 0 saturated carbocycles. The molecule has 0 bridgehead atoms. The molecule has 6 heteroatoms. The molecule has 0 fully saturated rings. The zero-order valence-electron chi connectivity index (χ0n) is 14.0. The SMILES string of the molecule is COc1ccccc1O[C@@H](C)C(=O)Nc1nc(C(C)(C)C)cs1. The maximum absolute atomic E-state index is 12.3. The maximum Gasteiger partial charge on any atom is 0.266 e. The molecule has 0 unspecified atom stereocenters. The molecule has 23 heavy (non-hydrogen) atoms. The van der Waals surface area contributed by atoms with Crippen molar-refractivity contribution in [2.45, 2.75) is 39.2 Å². The summed E-state index contributed by atoms with van der Waals surface area (Å²) < 4.78 is 10.9. The highest BCUT2D eigenvalue weighted by Gasteiger charge is 2.21. The first-order valence-corrected chi connectivity index (χ1v) is 8.26. The van der Waals surface area contributed by atoms with Gasteiger partial charge in [0, 0.05) is 10.8 Å². The van der Waals surface area contributed by atoms with Crippen molar-refractivity contribution in [3.63, 3.8) is 0 Å². The number of anilines is 1. The summed E-state index contributed by atoms with van der Waals surface area (Å²) >= 11 is 1.41. The second-order valence-corrected chi connectivity index (χ2v) is 7.05. The standard InChI is InChI=1S/C17H22N2O3S/c1-11(22-13-9-7-6-8-12(13)21-5)15(20)19-16-18-14(10-23-16)17(2,3)4/h6-11H,1-5H3,(H,18,19,20)/t11-/m0/s1. The molecule has 1 aromatic heterocycles. The third-order valence-corrected chi connectivity index (χ3v) is 4.00. The van der Waals surface area contributed by atoms with Crippen LogP contribution in [-0.2, 0) is 10.2 Å². The van der Waals surface area contributed by atoms with Crippen LogP contribution in [0.15, 0.2) is 29.6 Å². The fraction of sp³-hybridized carbons (Fsp3) is 0.412. The van der Waals surface area contributed by atoms with Crippen molar-refractivity contribution in [1.82, 2.24) is 4.98 Å². The summed E-state index contributed by atoms with van der Waals surface area (Å²) in [5.74, 6) is 0.884. The quantitative estimate of drug-likeness (QED) is 0.902. The first-order valence-electron chi connectivity index (χ1n) is 7.38. The highest BCUT2D eigenvalue weighted by atomic mass is 32.1. The van der Waals surface area contributed by atoms with Gasteiger partial charge in [-0.05, 0) is 19.1 Å². The molecule has 0 aliphatic heterocycles. The van der Waals surface area contributed by atoms with Gasteiger partial charge in [-0.25, -0.2) is 4.98 Å². The van der Waals surface area contributed by atoms with E-state index < -0.39 is 6.10 Å². The molecule has 0 radical (unpaired) electrons. The molecule has 124 valence electrons. The van der Waals surface area contributed by atoms with E-state index in [2.05, 4.69) is 31.1 Å². The molecule has 0 aliphatic carbocycles. The summed E-state index contributed by atoms with van der Waals surface area (Å²) in [6.07, 6.45) is -0.659. The molecule has 1 aromatic carbocycles. The lowest BCUT2D eigenvalue weighted by Gasteiger charge is -2.16. The molecule has 2 aromatic rings. The van der Waals surface area contributed by atoms with E-state index in [0.29, 0.717) is 16.6 Å². The first kappa shape index (κ1) is 17.3. The number of thiazole rings is 1. The Hall–Kier alpha value is -2.08. The number of carbonyl (C=O) groups is 1. The minimum atomic E-state index is -0.659. The smallest absolute Gasteiger partial charge is 0.266 e. The largest absolute Gasteiger partial charge is 0.493 e. The number of amides is 1. The third-order valence-electron chi connectivity index (χ3n) is 3.24. The minimum Gasteiger partial charge on any atom is -0.493 e. The van der Waals surface area contributed by atoms with Gasteiger partial charge in [-0.2, -0.15) is 0 Å². The fourth-order valence-electron chi connectivity index (χ4n) is 1.84. The number of hydrogen-bond donors (Lipinski definition) is 1. The van der Waals surface area contributed by atoms with Crippen molar-refractivity contribution >= 4 is 22.4 Å². The second kappa shape index (κ2) is 7.00. The Morgan fingerprint density at radius 2 is 1.91 bits per heavy atom. The van der Waals surface area contributed by atoms with Crippen LogP contribution >= 0.6 is 11.3 Å². The Kier molecular flexibility index (Phi) is 5.26. The van der Waals surface area contributed by atoms with Gasteiger partial charge in [-0.3, -0.25) is 10.1 Å². The van der Waals surface area contributed by atoms with Crippen LogP contribution in [0.3, 0.4) is 0 Å². The van der Waals surface area contributed by atoms with Crippen LogP contribution in [0, 0.1) is 0 Å². The van der Waals surface area contributed by atoms with Crippen LogP contribution in [-0.4, -0.2) is 24.1 Å². The molecule has 1 atom stereocenters. The maximum atomic E-state index is 12.3. The first-order chi connectivity index (χ1) is 10.8. The van der Waals surface area contributed by atoms with Gasteiger partial charge in [-0.15, -0.1) is 11.3 Å². The van der Waals surface area contributed by atoms with Crippen LogP contribution in [0.25, 0.3) is 0 Å². The second-order valence-electron chi connectivity index (χ2n) is 6.19. The van der Waals surface area contributed by atoms with E-state index in [-0.39, 0.29) is 11.3 Å². The van der Waals surface area contributed by atoms with E-state index in [1.165, 1.54) is 11.3 Å². The van der Waals surface area contributed by atoms with Crippen molar-refractivity contribution in [1.29, 1.82) is 0 Å².